The van der Waals surface area contributed by atoms with Crippen LogP contribution in [0.25, 0.3) is 0 Å². The molecule has 0 fully saturated rings. The number of anilines is 1. The molecule has 0 spiro atoms. The van der Waals surface area contributed by atoms with Gasteiger partial charge in [0.2, 0.25) is 0 Å². The molecule has 0 atom stereocenters. The van der Waals surface area contributed by atoms with Crippen LogP contribution in [-0.2, 0) is 18.0 Å². The number of hydrazone groups is 1. The second-order valence-corrected chi connectivity index (χ2v) is 8.24. The number of nitriles is 2. The normalized spacial score (nSPS) is 10.6. The maximum absolute atomic E-state index is 9.57. The minimum atomic E-state index is 0.219. The van der Waals surface area contributed by atoms with Crippen molar-refractivity contribution >= 4 is 28.0 Å². The van der Waals surface area contributed by atoms with Gasteiger partial charge in [-0.25, -0.2) is 4.98 Å². The Morgan fingerprint density at radius 3 is 2.60 bits per heavy atom. The summed E-state index contributed by atoms with van der Waals surface area (Å²) in [6.07, 6.45) is 1.60. The molecular weight excluding hydrogens is 510 g/mol. The van der Waals surface area contributed by atoms with E-state index in [0.717, 1.165) is 22.4 Å². The van der Waals surface area contributed by atoms with Crippen molar-refractivity contribution < 1.29 is 14.2 Å². The van der Waals surface area contributed by atoms with Gasteiger partial charge in [-0.15, -0.1) is 0 Å². The number of aromatic nitrogens is 1. The maximum Gasteiger partial charge on any atom is 0.175 e. The van der Waals surface area contributed by atoms with E-state index in [1.807, 2.05) is 44.2 Å². The minimum Gasteiger partial charge on any atom is -0.490 e. The molecule has 178 valence electrons. The largest absolute Gasteiger partial charge is 0.490 e. The Kier molecular flexibility index (Phi) is 9.19. The van der Waals surface area contributed by atoms with E-state index in [-0.39, 0.29) is 6.61 Å². The number of rotatable bonds is 10. The highest BCUT2D eigenvalue weighted by molar-refractivity contribution is 9.10. The quantitative estimate of drug-likeness (QED) is 0.271. The van der Waals surface area contributed by atoms with Gasteiger partial charge in [-0.2, -0.15) is 15.6 Å². The first-order valence-electron chi connectivity index (χ1n) is 10.8. The summed E-state index contributed by atoms with van der Waals surface area (Å²) in [5.41, 5.74) is 6.81. The van der Waals surface area contributed by atoms with E-state index in [4.69, 9.17) is 14.2 Å². The van der Waals surface area contributed by atoms with Crippen LogP contribution in [0.2, 0.25) is 0 Å². The number of ether oxygens (including phenoxy) is 3. The zero-order chi connectivity index (χ0) is 25.2. The summed E-state index contributed by atoms with van der Waals surface area (Å²) in [5.74, 6) is 1.42. The van der Waals surface area contributed by atoms with Crippen LogP contribution in [-0.4, -0.2) is 24.9 Å². The Morgan fingerprint density at radius 1 is 1.09 bits per heavy atom. The molecule has 0 aliphatic rings. The molecule has 9 heteroatoms. The van der Waals surface area contributed by atoms with Gasteiger partial charge in [-0.1, -0.05) is 18.2 Å². The third-order valence-electron chi connectivity index (χ3n) is 4.87. The zero-order valence-electron chi connectivity index (χ0n) is 19.6. The van der Waals surface area contributed by atoms with Crippen molar-refractivity contribution in [1.29, 1.82) is 10.5 Å². The zero-order valence-corrected chi connectivity index (χ0v) is 21.2. The third kappa shape index (κ3) is 6.57. The molecule has 0 aliphatic heterocycles. The number of methoxy groups -OCH3 is 1. The Morgan fingerprint density at radius 2 is 1.89 bits per heavy atom. The number of hydrogen-bond donors (Lipinski definition) is 1. The number of halogens is 1. The van der Waals surface area contributed by atoms with Gasteiger partial charge < -0.3 is 14.2 Å². The molecule has 1 heterocycles. The molecule has 35 heavy (non-hydrogen) atoms. The van der Waals surface area contributed by atoms with Crippen molar-refractivity contribution in [2.75, 3.05) is 19.1 Å². The van der Waals surface area contributed by atoms with Crippen LogP contribution in [0.3, 0.4) is 0 Å². The number of nitrogens with zero attached hydrogens (tertiary/aromatic N) is 4. The van der Waals surface area contributed by atoms with Crippen LogP contribution in [0.1, 0.15) is 40.4 Å². The molecule has 1 aromatic heterocycles. The summed E-state index contributed by atoms with van der Waals surface area (Å²) in [6.45, 7) is 4.69. The van der Waals surface area contributed by atoms with Crippen molar-refractivity contribution in [2.45, 2.75) is 27.1 Å². The fourth-order valence-corrected chi connectivity index (χ4v) is 3.93. The predicted molar refractivity (Wildman–Crippen MR) is 136 cm³/mol. The third-order valence-corrected chi connectivity index (χ3v) is 5.46. The van der Waals surface area contributed by atoms with Crippen LogP contribution in [0.15, 0.2) is 52.0 Å². The van der Waals surface area contributed by atoms with Crippen molar-refractivity contribution in [2.24, 2.45) is 5.10 Å². The summed E-state index contributed by atoms with van der Waals surface area (Å²) in [6, 6.07) is 17.1. The van der Waals surface area contributed by atoms with E-state index in [1.54, 1.807) is 25.5 Å². The molecule has 0 aliphatic carbocycles. The SMILES string of the molecule is CCOc1cc(C=NNc2nc(C)cc(COC)c2C#N)cc(Br)c1OCc1ccccc1C#N. The van der Waals surface area contributed by atoms with Gasteiger partial charge in [0, 0.05) is 23.9 Å². The molecular formula is C26H24BrN5O3. The molecule has 3 aromatic rings. The summed E-state index contributed by atoms with van der Waals surface area (Å²) in [5, 5.41) is 23.1. The van der Waals surface area contributed by atoms with Crippen LogP contribution < -0.4 is 14.9 Å². The fraction of sp³-hybridized carbons (Fsp3) is 0.231. The molecule has 0 bridgehead atoms. The standard InChI is InChI=1S/C26H24BrN5O3/c1-4-34-24-11-18(10-23(27)25(24)35-16-20-8-6-5-7-19(20)12-28)14-30-32-26-22(13-29)21(15-33-3)9-17(2)31-26/h5-11,14H,4,15-16H2,1-3H3,(H,31,32). The van der Waals surface area contributed by atoms with Crippen LogP contribution in [0, 0.1) is 29.6 Å². The molecule has 1 N–H and O–H groups in total. The average Bonchev–Trinajstić information content (AvgIpc) is 2.84. The van der Waals surface area contributed by atoms with Crippen LogP contribution >= 0.6 is 15.9 Å². The fourth-order valence-electron chi connectivity index (χ4n) is 3.35. The molecule has 3 rings (SSSR count). The van der Waals surface area contributed by atoms with Gasteiger partial charge in [0.05, 0.1) is 35.5 Å². The van der Waals surface area contributed by atoms with Crippen LogP contribution in [0.5, 0.6) is 11.5 Å². The first-order chi connectivity index (χ1) is 17.0. The maximum atomic E-state index is 9.57. The Balaban J connectivity index is 1.83. The van der Waals surface area contributed by atoms with Gasteiger partial charge in [-0.05, 0) is 59.6 Å². The molecule has 8 nitrogen and oxygen atoms in total. The number of nitrogens with one attached hydrogen (secondary N) is 1. The van der Waals surface area contributed by atoms with Gasteiger partial charge in [-0.3, -0.25) is 5.43 Å². The van der Waals surface area contributed by atoms with Crippen LogP contribution in [0.4, 0.5) is 5.82 Å². The Bertz CT molecular complexity index is 1310. The lowest BCUT2D eigenvalue weighted by Gasteiger charge is -2.15. The van der Waals surface area contributed by atoms with E-state index in [1.165, 1.54) is 0 Å². The highest BCUT2D eigenvalue weighted by Gasteiger charge is 2.14. The first-order valence-corrected chi connectivity index (χ1v) is 11.6. The second kappa shape index (κ2) is 12.5. The number of benzene rings is 2. The summed E-state index contributed by atoms with van der Waals surface area (Å²) in [4.78, 5) is 4.38. The molecule has 0 saturated carbocycles. The van der Waals surface area contributed by atoms with E-state index in [2.05, 4.69) is 43.6 Å². The molecule has 0 unspecified atom stereocenters. The van der Waals surface area contributed by atoms with Crippen molar-refractivity contribution in [3.63, 3.8) is 0 Å². The number of pyridine rings is 1. The monoisotopic (exact) mass is 533 g/mol. The van der Waals surface area contributed by atoms with Crippen molar-refractivity contribution in [3.8, 4) is 23.6 Å². The molecule has 0 radical (unpaired) electrons. The summed E-state index contributed by atoms with van der Waals surface area (Å²) < 4.78 is 17.7. The Hall–Kier alpha value is -3.92. The topological polar surface area (TPSA) is 113 Å². The summed E-state index contributed by atoms with van der Waals surface area (Å²) in [7, 11) is 1.58. The smallest absolute Gasteiger partial charge is 0.175 e. The van der Waals surface area contributed by atoms with E-state index in [9.17, 15) is 10.5 Å². The lowest BCUT2D eigenvalue weighted by atomic mass is 10.1. The average molecular weight is 534 g/mol. The second-order valence-electron chi connectivity index (χ2n) is 7.38. The molecule has 0 amide bonds. The highest BCUT2D eigenvalue weighted by Crippen LogP contribution is 2.37. The minimum absolute atomic E-state index is 0.219. The van der Waals surface area contributed by atoms with Gasteiger partial charge in [0.25, 0.3) is 0 Å². The predicted octanol–water partition coefficient (Wildman–Crippen LogP) is 5.47. The van der Waals surface area contributed by atoms with Crippen molar-refractivity contribution in [1.82, 2.24) is 4.98 Å². The number of aryl methyl sites for hydroxylation is 1. The number of hydrogen-bond acceptors (Lipinski definition) is 8. The lowest BCUT2D eigenvalue weighted by Crippen LogP contribution is -2.04. The highest BCUT2D eigenvalue weighted by atomic mass is 79.9. The molecule has 2 aromatic carbocycles. The van der Waals surface area contributed by atoms with E-state index < -0.39 is 0 Å². The van der Waals surface area contributed by atoms with Gasteiger partial charge >= 0.3 is 0 Å². The first kappa shape index (κ1) is 25.7. The van der Waals surface area contributed by atoms with E-state index >= 15 is 0 Å². The van der Waals surface area contributed by atoms with Gasteiger partial charge in [0.1, 0.15) is 18.2 Å². The summed E-state index contributed by atoms with van der Waals surface area (Å²) >= 11 is 3.55. The van der Waals surface area contributed by atoms with E-state index in [0.29, 0.717) is 46.1 Å². The Labute approximate surface area is 212 Å². The van der Waals surface area contributed by atoms with Crippen molar-refractivity contribution in [3.05, 3.63) is 80.4 Å². The lowest BCUT2D eigenvalue weighted by molar-refractivity contribution is 0.184. The molecule has 0 saturated heterocycles. The van der Waals surface area contributed by atoms with Gasteiger partial charge in [0.15, 0.2) is 17.3 Å².